The Kier molecular flexibility index (Phi) is 6.89. The number of nitrogens with one attached hydrogen (secondary N) is 1. The summed E-state index contributed by atoms with van der Waals surface area (Å²) in [4.78, 5) is 21.5. The Morgan fingerprint density at radius 3 is 2.80 bits per heavy atom. The molecule has 0 aliphatic carbocycles. The van der Waals surface area contributed by atoms with Gasteiger partial charge in [-0.2, -0.15) is 0 Å². The van der Waals surface area contributed by atoms with E-state index in [1.54, 1.807) is 0 Å². The van der Waals surface area contributed by atoms with Crippen LogP contribution in [-0.2, 0) is 4.74 Å². The zero-order valence-corrected chi connectivity index (χ0v) is 11.4. The number of rotatable bonds is 8. The summed E-state index contributed by atoms with van der Waals surface area (Å²) in [5.74, 6) is -0.987. The lowest BCUT2D eigenvalue weighted by Gasteiger charge is -2.06. The minimum atomic E-state index is -0.824. The molecule has 0 aliphatic rings. The Bertz CT molecular complexity index is 485. The summed E-state index contributed by atoms with van der Waals surface area (Å²) in [5.41, 5.74) is -0.543. The summed E-state index contributed by atoms with van der Waals surface area (Å²) in [5, 5.41) is 13.1. The van der Waals surface area contributed by atoms with Crippen molar-refractivity contribution in [3.8, 4) is 0 Å². The first kappa shape index (κ1) is 16.3. The van der Waals surface area contributed by atoms with Crippen LogP contribution in [0.25, 0.3) is 0 Å². The number of alkyl halides is 1. The fraction of sp³-hybridized carbons (Fsp3) is 0.417. The molecule has 0 bridgehead atoms. The van der Waals surface area contributed by atoms with E-state index in [9.17, 15) is 19.3 Å². The molecule has 0 aliphatic heterocycles. The van der Waals surface area contributed by atoms with Crippen molar-refractivity contribution < 1.29 is 18.8 Å². The second kappa shape index (κ2) is 8.44. The van der Waals surface area contributed by atoms with Crippen LogP contribution in [0.4, 0.5) is 10.1 Å². The van der Waals surface area contributed by atoms with Gasteiger partial charge < -0.3 is 10.1 Å². The molecule has 110 valence electrons. The second-order valence-electron chi connectivity index (χ2n) is 3.87. The number of non-ortho nitro benzene ring substituents is 1. The molecule has 20 heavy (non-hydrogen) atoms. The van der Waals surface area contributed by atoms with Crippen LogP contribution in [0, 0.1) is 15.9 Å². The van der Waals surface area contributed by atoms with Gasteiger partial charge in [-0.15, -0.1) is 11.6 Å². The predicted molar refractivity (Wildman–Crippen MR) is 71.5 cm³/mol. The van der Waals surface area contributed by atoms with Gasteiger partial charge in [0.05, 0.1) is 17.6 Å². The third-order valence-corrected chi connectivity index (χ3v) is 2.48. The molecule has 0 saturated carbocycles. The maximum Gasteiger partial charge on any atom is 0.273 e. The number of halogens is 2. The smallest absolute Gasteiger partial charge is 0.273 e. The molecule has 6 nitrogen and oxygen atoms in total. The van der Waals surface area contributed by atoms with Crippen molar-refractivity contribution in [1.29, 1.82) is 0 Å². The SMILES string of the molecule is O=C(NCCCOCCCl)c1cc(F)cc([N+](=O)[O-])c1. The summed E-state index contributed by atoms with van der Waals surface area (Å²) in [6.45, 7) is 1.20. The van der Waals surface area contributed by atoms with Gasteiger partial charge in [0, 0.05) is 30.7 Å². The van der Waals surface area contributed by atoms with Crippen molar-refractivity contribution in [2.45, 2.75) is 6.42 Å². The third kappa shape index (κ3) is 5.50. The van der Waals surface area contributed by atoms with Gasteiger partial charge in [0.2, 0.25) is 0 Å². The lowest BCUT2D eigenvalue weighted by molar-refractivity contribution is -0.385. The molecule has 1 aromatic carbocycles. The molecule has 0 fully saturated rings. The van der Waals surface area contributed by atoms with Crippen molar-refractivity contribution in [2.75, 3.05) is 25.6 Å². The van der Waals surface area contributed by atoms with Gasteiger partial charge in [0.25, 0.3) is 11.6 Å². The number of amides is 1. The van der Waals surface area contributed by atoms with E-state index in [1.807, 2.05) is 0 Å². The first-order valence-electron chi connectivity index (χ1n) is 5.91. The van der Waals surface area contributed by atoms with Gasteiger partial charge in [-0.25, -0.2) is 4.39 Å². The molecule has 1 aromatic rings. The number of ether oxygens (including phenoxy) is 1. The van der Waals surface area contributed by atoms with Crippen LogP contribution in [0.5, 0.6) is 0 Å². The zero-order valence-electron chi connectivity index (χ0n) is 10.6. The van der Waals surface area contributed by atoms with Gasteiger partial charge in [-0.05, 0) is 12.5 Å². The normalized spacial score (nSPS) is 10.3. The molecule has 0 radical (unpaired) electrons. The molecule has 1 rings (SSSR count). The van der Waals surface area contributed by atoms with E-state index in [-0.39, 0.29) is 5.56 Å². The van der Waals surface area contributed by atoms with Crippen LogP contribution in [0.1, 0.15) is 16.8 Å². The Morgan fingerprint density at radius 1 is 1.40 bits per heavy atom. The Morgan fingerprint density at radius 2 is 2.15 bits per heavy atom. The van der Waals surface area contributed by atoms with Gasteiger partial charge >= 0.3 is 0 Å². The maximum atomic E-state index is 13.2. The zero-order chi connectivity index (χ0) is 15.0. The first-order chi connectivity index (χ1) is 9.54. The van der Waals surface area contributed by atoms with Crippen molar-refractivity contribution in [2.24, 2.45) is 0 Å². The van der Waals surface area contributed by atoms with Crippen molar-refractivity contribution >= 4 is 23.2 Å². The fourth-order valence-electron chi connectivity index (χ4n) is 1.45. The predicted octanol–water partition coefficient (Wildman–Crippen LogP) is 2.11. The maximum absolute atomic E-state index is 13.2. The van der Waals surface area contributed by atoms with E-state index in [1.165, 1.54) is 0 Å². The van der Waals surface area contributed by atoms with E-state index in [2.05, 4.69) is 5.32 Å². The second-order valence-corrected chi connectivity index (χ2v) is 4.24. The van der Waals surface area contributed by atoms with Crippen LogP contribution in [0.3, 0.4) is 0 Å². The molecule has 0 saturated heterocycles. The highest BCUT2D eigenvalue weighted by Crippen LogP contribution is 2.16. The summed E-state index contributed by atoms with van der Waals surface area (Å²) in [6.07, 6.45) is 0.569. The van der Waals surface area contributed by atoms with Crippen LogP contribution in [-0.4, -0.2) is 36.5 Å². The van der Waals surface area contributed by atoms with Crippen LogP contribution in [0.2, 0.25) is 0 Å². The Balaban J connectivity index is 2.49. The van der Waals surface area contributed by atoms with Crippen molar-refractivity contribution in [1.82, 2.24) is 5.32 Å². The minimum Gasteiger partial charge on any atom is -0.380 e. The third-order valence-electron chi connectivity index (χ3n) is 2.33. The van der Waals surface area contributed by atoms with Crippen LogP contribution in [0.15, 0.2) is 18.2 Å². The molecule has 8 heteroatoms. The molecule has 1 amide bonds. The van der Waals surface area contributed by atoms with Crippen LogP contribution >= 0.6 is 11.6 Å². The first-order valence-corrected chi connectivity index (χ1v) is 6.45. The van der Waals surface area contributed by atoms with E-state index in [0.29, 0.717) is 32.1 Å². The summed E-state index contributed by atoms with van der Waals surface area (Å²) < 4.78 is 18.3. The van der Waals surface area contributed by atoms with Gasteiger partial charge in [0.1, 0.15) is 5.82 Å². The highest BCUT2D eigenvalue weighted by Gasteiger charge is 2.14. The van der Waals surface area contributed by atoms with E-state index >= 15 is 0 Å². The number of nitro groups is 1. The quantitative estimate of drug-likeness (QED) is 0.345. The van der Waals surface area contributed by atoms with Crippen molar-refractivity contribution in [3.05, 3.63) is 39.7 Å². The largest absolute Gasteiger partial charge is 0.380 e. The highest BCUT2D eigenvalue weighted by molar-refractivity contribution is 6.17. The number of carbonyl (C=O) groups excluding carboxylic acids is 1. The van der Waals surface area contributed by atoms with Gasteiger partial charge in [-0.3, -0.25) is 14.9 Å². The molecular formula is C12H14ClFN2O4. The van der Waals surface area contributed by atoms with Crippen molar-refractivity contribution in [3.63, 3.8) is 0 Å². The lowest BCUT2D eigenvalue weighted by Crippen LogP contribution is -2.25. The molecule has 0 unspecified atom stereocenters. The molecule has 1 N–H and O–H groups in total. The number of hydrogen-bond acceptors (Lipinski definition) is 4. The summed E-state index contributed by atoms with van der Waals surface area (Å²) in [7, 11) is 0. The van der Waals surface area contributed by atoms with E-state index in [0.717, 1.165) is 18.2 Å². The standard InChI is InChI=1S/C12H14ClFN2O4/c13-2-5-20-4-1-3-15-12(17)9-6-10(14)8-11(7-9)16(18)19/h6-8H,1-5H2,(H,15,17). The minimum absolute atomic E-state index is 0.0848. The number of nitro benzene ring substituents is 1. The molecular weight excluding hydrogens is 291 g/mol. The molecule has 0 heterocycles. The van der Waals surface area contributed by atoms with E-state index < -0.39 is 22.3 Å². The van der Waals surface area contributed by atoms with Gasteiger partial charge in [-0.1, -0.05) is 0 Å². The number of carbonyl (C=O) groups is 1. The average Bonchev–Trinajstić information content (AvgIpc) is 2.41. The average molecular weight is 305 g/mol. The Hall–Kier alpha value is -1.73. The molecule has 0 atom stereocenters. The van der Waals surface area contributed by atoms with Crippen LogP contribution < -0.4 is 5.32 Å². The lowest BCUT2D eigenvalue weighted by atomic mass is 10.2. The topological polar surface area (TPSA) is 81.5 Å². The number of hydrogen-bond donors (Lipinski definition) is 1. The monoisotopic (exact) mass is 304 g/mol. The number of nitrogens with zero attached hydrogens (tertiary/aromatic N) is 1. The van der Waals surface area contributed by atoms with E-state index in [4.69, 9.17) is 16.3 Å². The molecule has 0 aromatic heterocycles. The summed E-state index contributed by atoms with van der Waals surface area (Å²) in [6, 6.07) is 2.74. The highest BCUT2D eigenvalue weighted by atomic mass is 35.5. The molecule has 0 spiro atoms. The van der Waals surface area contributed by atoms with Gasteiger partial charge in [0.15, 0.2) is 0 Å². The Labute approximate surface area is 120 Å². The fourth-order valence-corrected chi connectivity index (χ4v) is 1.55. The number of benzene rings is 1. The summed E-state index contributed by atoms with van der Waals surface area (Å²) >= 11 is 5.41.